The van der Waals surface area contributed by atoms with Gasteiger partial charge < -0.3 is 26.0 Å². The Hall–Kier alpha value is -3.79. The number of aliphatic carboxylic acids is 1. The zero-order valence-electron chi connectivity index (χ0n) is 35.0. The number of likely N-dealkylation sites (tertiary alicyclic amines) is 2. The number of nitrogen functional groups attached to an aromatic ring is 1. The van der Waals surface area contributed by atoms with Gasteiger partial charge in [-0.05, 0) is 93.0 Å². The van der Waals surface area contributed by atoms with E-state index in [2.05, 4.69) is 41.9 Å². The first kappa shape index (κ1) is 52.6. The van der Waals surface area contributed by atoms with E-state index in [-0.39, 0.29) is 62.4 Å². The minimum atomic E-state index is -2.62. The van der Waals surface area contributed by atoms with Crippen molar-refractivity contribution in [1.82, 2.24) is 30.3 Å². The number of aromatic nitrogens is 3. The van der Waals surface area contributed by atoms with Crippen molar-refractivity contribution in [2.45, 2.75) is 101 Å². The summed E-state index contributed by atoms with van der Waals surface area (Å²) in [5.74, 6) is -5.11. The monoisotopic (exact) mass is 946 g/mol. The number of H-pyrrole nitrogens is 1. The number of rotatable bonds is 6. The number of alkyl halides is 4. The standard InChI is InChI=1S/C19H25ClF2N6.C12H14ClF2N.C9H13N3S.C2H4O2.ClH/c20-14-3-1-13(2-4-14)11-16-5-8-19(21,22)12-28(16)15-6-9-27(10-7-15)18-24-17(23)25-26-18;13-10-3-1-9(2-4-10)7-11-5-6-12(14,15)8-16-11;1-8-3-5-12(6-4-8)9(13-2)11-7-10;1-2(3)4;/h1-4,15-16H,5-12H2,(H3,23,24,25,26);1-4,11,16H,5-8H2;1,3-6H2,2H3;1H3,(H,3,4);1H/t16-;11-;;;/m11.../s1. The van der Waals surface area contributed by atoms with Crippen LogP contribution in [0.3, 0.4) is 0 Å². The van der Waals surface area contributed by atoms with Crippen LogP contribution in [0.25, 0.3) is 0 Å². The van der Waals surface area contributed by atoms with Gasteiger partial charge in [0.15, 0.2) is 5.17 Å². The van der Waals surface area contributed by atoms with Gasteiger partial charge in [-0.25, -0.2) is 22.7 Å². The van der Waals surface area contributed by atoms with Gasteiger partial charge in [0.2, 0.25) is 18.1 Å². The lowest BCUT2D eigenvalue weighted by atomic mass is 9.90. The first-order chi connectivity index (χ1) is 29.0. The molecule has 0 saturated carbocycles. The summed E-state index contributed by atoms with van der Waals surface area (Å²) in [5, 5.41) is 27.7. The molecule has 2 aromatic carbocycles. The zero-order valence-corrected chi connectivity index (χ0v) is 38.2. The number of amidine groups is 1. The van der Waals surface area contributed by atoms with E-state index in [4.69, 9.17) is 44.1 Å². The van der Waals surface area contributed by atoms with E-state index in [0.717, 1.165) is 87.9 Å². The number of carbonyl (C=O) groups is 1. The molecule has 342 valence electrons. The van der Waals surface area contributed by atoms with Gasteiger partial charge in [-0.1, -0.05) is 71.4 Å². The number of benzene rings is 2. The lowest BCUT2D eigenvalue weighted by molar-refractivity contribution is -0.134. The fourth-order valence-electron chi connectivity index (χ4n) is 7.61. The van der Waals surface area contributed by atoms with Crippen molar-refractivity contribution >= 4 is 70.4 Å². The van der Waals surface area contributed by atoms with Crippen LogP contribution in [0.4, 0.5) is 29.5 Å². The molecule has 4 fully saturated rings. The van der Waals surface area contributed by atoms with Crippen LogP contribution in [0.2, 0.25) is 10.0 Å². The summed E-state index contributed by atoms with van der Waals surface area (Å²) < 4.78 is 54.2. The summed E-state index contributed by atoms with van der Waals surface area (Å²) in [6.45, 7) is 8.02. The Balaban J connectivity index is 0.000000256. The maximum Gasteiger partial charge on any atom is 0.300 e. The number of nitrogens with one attached hydrogen (secondary N) is 2. The molecule has 4 aliphatic rings. The minimum Gasteiger partial charge on any atom is -0.481 e. The Kier molecular flexibility index (Phi) is 21.6. The molecule has 0 amide bonds. The van der Waals surface area contributed by atoms with Crippen molar-refractivity contribution in [1.29, 1.82) is 5.26 Å². The molecule has 1 aromatic heterocycles. The summed E-state index contributed by atoms with van der Waals surface area (Å²) in [4.78, 5) is 23.2. The fraction of sp³-hybridized carbons (Fsp3) is 0.548. The summed E-state index contributed by atoms with van der Waals surface area (Å²) >= 11 is 13.3. The molecule has 4 saturated heterocycles. The van der Waals surface area contributed by atoms with E-state index in [1.54, 1.807) is 0 Å². The van der Waals surface area contributed by atoms with Crippen molar-refractivity contribution in [3.63, 3.8) is 0 Å². The molecule has 5 heterocycles. The van der Waals surface area contributed by atoms with Gasteiger partial charge in [0.1, 0.15) is 0 Å². The maximum atomic E-state index is 14.2. The van der Waals surface area contributed by atoms with Crippen LogP contribution < -0.4 is 16.0 Å². The second kappa shape index (κ2) is 25.5. The fourth-order valence-corrected chi connectivity index (χ4v) is 8.44. The number of thioether (sulfide) groups is 1. The molecular formula is C42H57Cl3F4N10O2S. The molecule has 0 unspecified atom stereocenters. The largest absolute Gasteiger partial charge is 0.481 e. The van der Waals surface area contributed by atoms with Gasteiger partial charge in [-0.15, -0.1) is 22.5 Å². The number of nitrogens with zero attached hydrogens (tertiary/aromatic N) is 7. The van der Waals surface area contributed by atoms with Crippen LogP contribution in [0.5, 0.6) is 0 Å². The number of aliphatic imine (C=N–C) groups is 1. The van der Waals surface area contributed by atoms with E-state index < -0.39 is 17.8 Å². The van der Waals surface area contributed by atoms with Crippen LogP contribution in [-0.2, 0) is 17.6 Å². The van der Waals surface area contributed by atoms with Crippen LogP contribution >= 0.6 is 47.4 Å². The van der Waals surface area contributed by atoms with E-state index >= 15 is 0 Å². The summed E-state index contributed by atoms with van der Waals surface area (Å²) in [7, 11) is 0. The molecule has 5 N–H and O–H groups in total. The SMILES string of the molecule is C=C1CCN(C(=NC#N)SC)CC1.CC(=O)O.Cl.FC1(F)CC[C@H](Cc2ccc(Cl)cc2)NC1.Nc1nc(N2CCC(N3CC(F)(F)CC[C@@H]3Cc3ccc(Cl)cc3)CC2)n[nH]1. The number of carboxylic acids is 1. The number of nitriles is 1. The van der Waals surface area contributed by atoms with Crippen LogP contribution in [0.1, 0.15) is 69.4 Å². The molecule has 0 bridgehead atoms. The first-order valence-electron chi connectivity index (χ1n) is 20.2. The summed E-state index contributed by atoms with van der Waals surface area (Å²) in [6, 6.07) is 15.6. The molecular weight excluding hydrogens is 891 g/mol. The Morgan fingerprint density at radius 3 is 2.00 bits per heavy atom. The van der Waals surface area contributed by atoms with Crippen molar-refractivity contribution in [3.05, 3.63) is 81.9 Å². The van der Waals surface area contributed by atoms with Crippen molar-refractivity contribution in [2.75, 3.05) is 56.2 Å². The number of hydrogen-bond donors (Lipinski definition) is 4. The number of anilines is 2. The average Bonchev–Trinajstić information content (AvgIpc) is 3.67. The Bertz CT molecular complexity index is 1890. The van der Waals surface area contributed by atoms with Gasteiger partial charge in [0, 0.05) is 74.1 Å². The molecule has 3 aromatic rings. The predicted molar refractivity (Wildman–Crippen MR) is 244 cm³/mol. The molecule has 12 nitrogen and oxygen atoms in total. The Labute approximate surface area is 382 Å². The van der Waals surface area contributed by atoms with Gasteiger partial charge in [-0.2, -0.15) is 10.2 Å². The van der Waals surface area contributed by atoms with E-state index in [1.807, 2.05) is 65.9 Å². The normalized spacial score (nSPS) is 21.3. The van der Waals surface area contributed by atoms with E-state index in [9.17, 15) is 17.6 Å². The highest BCUT2D eigenvalue weighted by molar-refractivity contribution is 8.13. The number of halogens is 7. The molecule has 0 aliphatic carbocycles. The molecule has 62 heavy (non-hydrogen) atoms. The number of piperidine rings is 4. The molecule has 2 atom stereocenters. The summed E-state index contributed by atoms with van der Waals surface area (Å²) in [6.07, 6.45) is 9.95. The topological polar surface area (TPSA) is 163 Å². The highest BCUT2D eigenvalue weighted by atomic mass is 35.5. The number of aromatic amines is 1. The molecule has 20 heteroatoms. The summed E-state index contributed by atoms with van der Waals surface area (Å²) in [5.41, 5.74) is 9.17. The van der Waals surface area contributed by atoms with Crippen molar-refractivity contribution < 1.29 is 27.5 Å². The average molecular weight is 948 g/mol. The minimum absolute atomic E-state index is 0. The van der Waals surface area contributed by atoms with Crippen LogP contribution in [0.15, 0.2) is 65.7 Å². The van der Waals surface area contributed by atoms with E-state index in [0.29, 0.717) is 28.8 Å². The van der Waals surface area contributed by atoms with Gasteiger partial charge in [-0.3, -0.25) is 9.69 Å². The number of hydrogen-bond acceptors (Lipinski definition) is 10. The molecule has 0 radical (unpaired) electrons. The second-order valence-electron chi connectivity index (χ2n) is 15.5. The smallest absolute Gasteiger partial charge is 0.300 e. The Morgan fingerprint density at radius 1 is 0.968 bits per heavy atom. The second-order valence-corrected chi connectivity index (χ2v) is 17.2. The number of nitrogens with two attached hydrogens (primary N) is 1. The molecule has 4 aliphatic heterocycles. The highest BCUT2D eigenvalue weighted by Crippen LogP contribution is 2.35. The maximum absolute atomic E-state index is 14.2. The van der Waals surface area contributed by atoms with Crippen LogP contribution in [0, 0.1) is 11.5 Å². The molecule has 0 spiro atoms. The van der Waals surface area contributed by atoms with Crippen molar-refractivity contribution in [3.8, 4) is 6.19 Å². The number of carboxylic acid groups (broad SMARTS) is 1. The Morgan fingerprint density at radius 2 is 1.52 bits per heavy atom. The van der Waals surface area contributed by atoms with Crippen molar-refractivity contribution in [2.24, 2.45) is 4.99 Å². The van der Waals surface area contributed by atoms with Gasteiger partial charge >= 0.3 is 0 Å². The lowest BCUT2D eigenvalue weighted by Crippen LogP contribution is -2.56. The third-order valence-corrected chi connectivity index (χ3v) is 12.0. The van der Waals surface area contributed by atoms with Gasteiger partial charge in [0.25, 0.3) is 17.8 Å². The molecule has 7 rings (SSSR count). The van der Waals surface area contributed by atoms with Crippen LogP contribution in [-0.4, -0.2) is 117 Å². The third kappa shape index (κ3) is 18.1. The third-order valence-electron chi connectivity index (χ3n) is 10.8. The van der Waals surface area contributed by atoms with E-state index in [1.165, 1.54) is 17.3 Å². The lowest BCUT2D eigenvalue weighted by Gasteiger charge is -2.46. The predicted octanol–water partition coefficient (Wildman–Crippen LogP) is 8.97. The zero-order chi connectivity index (χ0) is 44.6. The first-order valence-corrected chi connectivity index (χ1v) is 22.2. The van der Waals surface area contributed by atoms with Gasteiger partial charge in [0.05, 0.1) is 13.1 Å². The highest BCUT2D eigenvalue weighted by Gasteiger charge is 2.43. The quantitative estimate of drug-likeness (QED) is 0.0614.